The van der Waals surface area contributed by atoms with Gasteiger partial charge in [0.05, 0.1) is 6.10 Å². The minimum atomic E-state index is -3.42. The fourth-order valence-electron chi connectivity index (χ4n) is 2.56. The van der Waals surface area contributed by atoms with Gasteiger partial charge in [-0.2, -0.15) is 17.0 Å². The van der Waals surface area contributed by atoms with Crippen LogP contribution in [0.2, 0.25) is 0 Å². The zero-order valence-corrected chi connectivity index (χ0v) is 14.5. The van der Waals surface area contributed by atoms with Crippen LogP contribution in [0.25, 0.3) is 0 Å². The van der Waals surface area contributed by atoms with Crippen LogP contribution in [-0.2, 0) is 21.4 Å². The number of hydrogen-bond acceptors (Lipinski definition) is 3. The molecule has 1 aliphatic rings. The molecule has 0 N–H and O–H groups in total. The number of ether oxygens (including phenoxy) is 1. The first-order valence-corrected chi connectivity index (χ1v) is 9.14. The lowest BCUT2D eigenvalue weighted by Gasteiger charge is -2.27. The van der Waals surface area contributed by atoms with E-state index in [0.717, 1.165) is 25.0 Å². The third-order valence-corrected chi connectivity index (χ3v) is 5.90. The van der Waals surface area contributed by atoms with Crippen LogP contribution >= 0.6 is 0 Å². The van der Waals surface area contributed by atoms with Crippen molar-refractivity contribution in [1.82, 2.24) is 8.61 Å². The second-order valence-corrected chi connectivity index (χ2v) is 8.16. The first-order chi connectivity index (χ1) is 10.4. The van der Waals surface area contributed by atoms with Crippen molar-refractivity contribution in [3.63, 3.8) is 0 Å². The molecule has 1 fully saturated rings. The van der Waals surface area contributed by atoms with Crippen molar-refractivity contribution in [1.29, 1.82) is 0 Å². The Morgan fingerprint density at radius 3 is 2.45 bits per heavy atom. The SMILES string of the molecule is Cc1ccc(CCN(C[C@@H]2CCCO2)S(=O)(=O)N(C)C)cc1. The predicted molar refractivity (Wildman–Crippen MR) is 88.0 cm³/mol. The average molecular weight is 326 g/mol. The van der Waals surface area contributed by atoms with Gasteiger partial charge >= 0.3 is 0 Å². The zero-order chi connectivity index (χ0) is 16.2. The van der Waals surface area contributed by atoms with Gasteiger partial charge in [0.1, 0.15) is 0 Å². The minimum absolute atomic E-state index is 0.0211. The summed E-state index contributed by atoms with van der Waals surface area (Å²) >= 11 is 0. The van der Waals surface area contributed by atoms with Gasteiger partial charge in [0.15, 0.2) is 0 Å². The maximum atomic E-state index is 12.5. The molecule has 1 aromatic rings. The van der Waals surface area contributed by atoms with E-state index in [1.807, 2.05) is 6.92 Å². The van der Waals surface area contributed by atoms with E-state index in [-0.39, 0.29) is 6.10 Å². The normalized spacial score (nSPS) is 19.2. The summed E-state index contributed by atoms with van der Waals surface area (Å²) in [4.78, 5) is 0. The Balaban J connectivity index is 2.04. The van der Waals surface area contributed by atoms with Crippen molar-refractivity contribution < 1.29 is 13.2 Å². The molecule has 0 unspecified atom stereocenters. The van der Waals surface area contributed by atoms with Gasteiger partial charge in [-0.3, -0.25) is 0 Å². The molecule has 1 saturated heterocycles. The second-order valence-electron chi connectivity index (χ2n) is 6.02. The lowest BCUT2D eigenvalue weighted by molar-refractivity contribution is 0.0928. The molecule has 0 spiro atoms. The number of rotatable bonds is 7. The summed E-state index contributed by atoms with van der Waals surface area (Å²) in [6, 6.07) is 8.23. The molecule has 0 bridgehead atoms. The molecule has 0 amide bonds. The Bertz CT molecular complexity index is 564. The summed E-state index contributed by atoms with van der Waals surface area (Å²) in [6.07, 6.45) is 2.68. The highest BCUT2D eigenvalue weighted by Gasteiger charge is 2.28. The van der Waals surface area contributed by atoms with Gasteiger partial charge in [-0.1, -0.05) is 29.8 Å². The van der Waals surface area contributed by atoms with Gasteiger partial charge < -0.3 is 4.74 Å². The molecule has 0 aromatic heterocycles. The van der Waals surface area contributed by atoms with Crippen LogP contribution in [0.1, 0.15) is 24.0 Å². The maximum absolute atomic E-state index is 12.5. The van der Waals surface area contributed by atoms with Gasteiger partial charge in [0, 0.05) is 33.8 Å². The Hall–Kier alpha value is -0.950. The first-order valence-electron chi connectivity index (χ1n) is 7.74. The van der Waals surface area contributed by atoms with Crippen LogP contribution in [0.4, 0.5) is 0 Å². The summed E-state index contributed by atoms with van der Waals surface area (Å²) in [5, 5.41) is 0. The molecule has 6 heteroatoms. The molecule has 0 saturated carbocycles. The standard InChI is InChI=1S/C16H26N2O3S/c1-14-6-8-15(9-7-14)10-11-18(22(19,20)17(2)3)13-16-5-4-12-21-16/h6-9,16H,4-5,10-13H2,1-3H3/t16-/m0/s1. The summed E-state index contributed by atoms with van der Waals surface area (Å²) in [5.41, 5.74) is 2.36. The largest absolute Gasteiger partial charge is 0.377 e. The molecule has 1 atom stereocenters. The highest BCUT2D eigenvalue weighted by molar-refractivity contribution is 7.86. The fraction of sp³-hybridized carbons (Fsp3) is 0.625. The lowest BCUT2D eigenvalue weighted by Crippen LogP contribution is -2.44. The molecule has 0 radical (unpaired) electrons. The van der Waals surface area contributed by atoms with Crippen LogP contribution in [-0.4, -0.2) is 56.9 Å². The highest BCUT2D eigenvalue weighted by atomic mass is 32.2. The molecule has 5 nitrogen and oxygen atoms in total. The van der Waals surface area contributed by atoms with Crippen molar-refractivity contribution in [2.75, 3.05) is 33.8 Å². The van der Waals surface area contributed by atoms with E-state index in [4.69, 9.17) is 4.74 Å². The van der Waals surface area contributed by atoms with Crippen LogP contribution in [0.5, 0.6) is 0 Å². The van der Waals surface area contributed by atoms with Crippen LogP contribution in [0, 0.1) is 6.92 Å². The number of hydrogen-bond donors (Lipinski definition) is 0. The Kier molecular flexibility index (Phi) is 5.97. The van der Waals surface area contributed by atoms with Gasteiger partial charge in [-0.25, -0.2) is 0 Å². The van der Waals surface area contributed by atoms with Crippen molar-refractivity contribution in [2.45, 2.75) is 32.3 Å². The van der Waals surface area contributed by atoms with Gasteiger partial charge in [0.25, 0.3) is 10.2 Å². The molecular formula is C16H26N2O3S. The van der Waals surface area contributed by atoms with Crippen LogP contribution in [0.3, 0.4) is 0 Å². The molecule has 0 aliphatic carbocycles. The van der Waals surface area contributed by atoms with Gasteiger partial charge in [0.2, 0.25) is 0 Å². The second kappa shape index (κ2) is 7.55. The van der Waals surface area contributed by atoms with Crippen LogP contribution < -0.4 is 0 Å². The van der Waals surface area contributed by atoms with Crippen molar-refractivity contribution >= 4 is 10.2 Å². The van der Waals surface area contributed by atoms with Gasteiger partial charge in [-0.05, 0) is 31.7 Å². The van der Waals surface area contributed by atoms with Crippen molar-refractivity contribution in [2.24, 2.45) is 0 Å². The van der Waals surface area contributed by atoms with E-state index >= 15 is 0 Å². The average Bonchev–Trinajstić information content (AvgIpc) is 2.97. The first kappa shape index (κ1) is 17.4. The summed E-state index contributed by atoms with van der Waals surface area (Å²) in [7, 11) is -0.272. The van der Waals surface area contributed by atoms with E-state index in [1.54, 1.807) is 18.4 Å². The molecule has 124 valence electrons. The van der Waals surface area contributed by atoms with E-state index in [2.05, 4.69) is 24.3 Å². The smallest absolute Gasteiger partial charge is 0.281 e. The predicted octanol–water partition coefficient (Wildman–Crippen LogP) is 1.82. The van der Waals surface area contributed by atoms with Crippen molar-refractivity contribution in [3.8, 4) is 0 Å². The Morgan fingerprint density at radius 1 is 1.23 bits per heavy atom. The van der Waals surface area contributed by atoms with E-state index in [1.165, 1.54) is 9.87 Å². The molecule has 1 heterocycles. The van der Waals surface area contributed by atoms with E-state index in [0.29, 0.717) is 19.5 Å². The molecule has 2 rings (SSSR count). The number of benzene rings is 1. The highest BCUT2D eigenvalue weighted by Crippen LogP contribution is 2.17. The Morgan fingerprint density at radius 2 is 1.91 bits per heavy atom. The molecule has 1 aliphatic heterocycles. The topological polar surface area (TPSA) is 49.9 Å². The quantitative estimate of drug-likeness (QED) is 0.768. The molecule has 22 heavy (non-hydrogen) atoms. The fourth-order valence-corrected chi connectivity index (χ4v) is 3.69. The van der Waals surface area contributed by atoms with E-state index in [9.17, 15) is 8.42 Å². The van der Waals surface area contributed by atoms with Crippen molar-refractivity contribution in [3.05, 3.63) is 35.4 Å². The summed E-state index contributed by atoms with van der Waals surface area (Å²) in [5.74, 6) is 0. The zero-order valence-electron chi connectivity index (χ0n) is 13.7. The summed E-state index contributed by atoms with van der Waals surface area (Å²) < 4.78 is 33.4. The number of aryl methyl sites for hydroxylation is 1. The molecule has 1 aromatic carbocycles. The lowest BCUT2D eigenvalue weighted by atomic mass is 10.1. The maximum Gasteiger partial charge on any atom is 0.281 e. The summed E-state index contributed by atoms with van der Waals surface area (Å²) in [6.45, 7) is 3.69. The minimum Gasteiger partial charge on any atom is -0.377 e. The number of nitrogens with zero attached hydrogens (tertiary/aromatic N) is 2. The monoisotopic (exact) mass is 326 g/mol. The van der Waals surface area contributed by atoms with Gasteiger partial charge in [-0.15, -0.1) is 0 Å². The van der Waals surface area contributed by atoms with E-state index < -0.39 is 10.2 Å². The van der Waals surface area contributed by atoms with Crippen LogP contribution in [0.15, 0.2) is 24.3 Å². The Labute approximate surface area is 134 Å². The molecular weight excluding hydrogens is 300 g/mol. The third kappa shape index (κ3) is 4.52. The third-order valence-electron chi connectivity index (χ3n) is 3.99.